The van der Waals surface area contributed by atoms with Gasteiger partial charge in [-0.15, -0.1) is 0 Å². The molecule has 0 fully saturated rings. The average molecular weight is 384 g/mol. The van der Waals surface area contributed by atoms with E-state index in [-0.39, 0.29) is 5.92 Å². The topological polar surface area (TPSA) is 113 Å². The van der Waals surface area contributed by atoms with Gasteiger partial charge in [-0.25, -0.2) is 9.61 Å². The lowest BCUT2D eigenvalue weighted by molar-refractivity contribution is 0.314. The van der Waals surface area contributed by atoms with E-state index in [4.69, 9.17) is 4.63 Å². The second-order valence-electron chi connectivity index (χ2n) is 6.58. The number of rotatable bonds is 5. The van der Waals surface area contributed by atoms with Crippen molar-refractivity contribution in [1.29, 1.82) is 0 Å². The molecule has 1 atom stereocenters. The number of aliphatic imine (C=N–C) groups is 1. The van der Waals surface area contributed by atoms with Gasteiger partial charge in [0.1, 0.15) is 0 Å². The quantitative estimate of drug-likeness (QED) is 0.395. The molecule has 9 heteroatoms. The summed E-state index contributed by atoms with van der Waals surface area (Å²) in [6.07, 6.45) is 3.64. The highest BCUT2D eigenvalue weighted by atomic mass is 16.6. The first-order valence-corrected chi connectivity index (χ1v) is 9.02. The number of fused-ring (bicyclic) bond motifs is 2. The van der Waals surface area contributed by atoms with E-state index in [1.165, 1.54) is 0 Å². The number of nitrogens with one attached hydrogen (secondary N) is 2. The molecule has 0 bridgehead atoms. The van der Waals surface area contributed by atoms with Gasteiger partial charge < -0.3 is 5.32 Å². The van der Waals surface area contributed by atoms with Crippen LogP contribution in [-0.4, -0.2) is 32.7 Å². The molecular formula is C20H16N8O. The fourth-order valence-electron chi connectivity index (χ4n) is 3.09. The first-order chi connectivity index (χ1) is 14.3. The number of nitrogens with zero attached hydrogens (tertiary/aromatic N) is 6. The summed E-state index contributed by atoms with van der Waals surface area (Å²) >= 11 is 0. The van der Waals surface area contributed by atoms with E-state index >= 15 is 0 Å². The van der Waals surface area contributed by atoms with Crippen LogP contribution < -0.4 is 10.7 Å². The highest BCUT2D eigenvalue weighted by molar-refractivity contribution is 5.97. The molecule has 0 radical (unpaired) electrons. The zero-order chi connectivity index (χ0) is 19.6. The van der Waals surface area contributed by atoms with Crippen molar-refractivity contribution in [3.05, 3.63) is 59.7 Å². The largest absolute Gasteiger partial charge is 0.337 e. The number of anilines is 3. The van der Waals surface area contributed by atoms with Crippen LogP contribution in [0.2, 0.25) is 0 Å². The van der Waals surface area contributed by atoms with Crippen LogP contribution in [0.15, 0.2) is 63.3 Å². The number of para-hydroxylation sites is 1. The number of hydrazone groups is 1. The van der Waals surface area contributed by atoms with Gasteiger partial charge in [0.25, 0.3) is 0 Å². The third-order valence-electron chi connectivity index (χ3n) is 4.47. The Kier molecular flexibility index (Phi) is 4.17. The Morgan fingerprint density at radius 1 is 1.00 bits per heavy atom. The minimum Gasteiger partial charge on any atom is -0.337 e. The van der Waals surface area contributed by atoms with Crippen LogP contribution in [-0.2, 0) is 0 Å². The number of benzene rings is 2. The van der Waals surface area contributed by atoms with Gasteiger partial charge in [-0.3, -0.25) is 10.4 Å². The molecule has 1 aliphatic heterocycles. The number of aryl methyl sites for hydroxylation is 1. The van der Waals surface area contributed by atoms with E-state index in [0.29, 0.717) is 22.9 Å². The number of aromatic nitrogens is 4. The summed E-state index contributed by atoms with van der Waals surface area (Å²) in [7, 11) is 0. The normalized spacial score (nSPS) is 15.1. The molecule has 0 spiro atoms. The number of hydrogen-bond donors (Lipinski definition) is 2. The Morgan fingerprint density at radius 2 is 1.83 bits per heavy atom. The monoisotopic (exact) mass is 384 g/mol. The first-order valence-electron chi connectivity index (χ1n) is 9.02. The molecule has 3 heterocycles. The molecule has 5 rings (SSSR count). The van der Waals surface area contributed by atoms with Crippen molar-refractivity contribution in [1.82, 2.24) is 20.3 Å². The molecule has 142 valence electrons. The Balaban J connectivity index is 1.42. The van der Waals surface area contributed by atoms with Crippen LogP contribution in [0.5, 0.6) is 0 Å². The minimum absolute atomic E-state index is 0.00251. The lowest BCUT2D eigenvalue weighted by Gasteiger charge is -2.10. The van der Waals surface area contributed by atoms with E-state index < -0.39 is 0 Å². The van der Waals surface area contributed by atoms with E-state index in [2.05, 4.69) is 41.1 Å². The maximum Gasteiger partial charge on any atom is 0.245 e. The van der Waals surface area contributed by atoms with E-state index in [9.17, 15) is 0 Å². The van der Waals surface area contributed by atoms with E-state index in [1.807, 2.05) is 61.7 Å². The molecule has 0 saturated carbocycles. The number of hydrogen-bond acceptors (Lipinski definition) is 9. The van der Waals surface area contributed by atoms with Crippen molar-refractivity contribution < 1.29 is 4.63 Å². The fourth-order valence-corrected chi connectivity index (χ4v) is 3.09. The van der Waals surface area contributed by atoms with Gasteiger partial charge >= 0.3 is 0 Å². The lowest BCUT2D eigenvalue weighted by atomic mass is 10.0. The first kappa shape index (κ1) is 17.0. The molecule has 2 aromatic carbocycles. The third-order valence-corrected chi connectivity index (χ3v) is 4.47. The summed E-state index contributed by atoms with van der Waals surface area (Å²) in [5, 5.41) is 15.1. The van der Waals surface area contributed by atoms with Gasteiger partial charge in [0.2, 0.25) is 11.3 Å². The molecule has 2 N–H and O–H groups in total. The Bertz CT molecular complexity index is 1250. The van der Waals surface area contributed by atoms with Gasteiger partial charge in [0.15, 0.2) is 11.6 Å². The third kappa shape index (κ3) is 3.41. The van der Waals surface area contributed by atoms with Crippen LogP contribution in [0.25, 0.3) is 11.3 Å². The van der Waals surface area contributed by atoms with Crippen molar-refractivity contribution >= 4 is 46.7 Å². The van der Waals surface area contributed by atoms with Crippen molar-refractivity contribution in [2.75, 3.05) is 10.7 Å². The van der Waals surface area contributed by atoms with Crippen molar-refractivity contribution in [2.45, 2.75) is 12.8 Å². The van der Waals surface area contributed by atoms with Crippen molar-refractivity contribution in [3.8, 4) is 0 Å². The molecule has 9 nitrogen and oxygen atoms in total. The van der Waals surface area contributed by atoms with Crippen LogP contribution in [0.4, 0.5) is 23.0 Å². The van der Waals surface area contributed by atoms with Crippen LogP contribution >= 0.6 is 0 Å². The maximum atomic E-state index is 4.73. The minimum atomic E-state index is -0.00251. The Hall–Kier alpha value is -4.14. The van der Waals surface area contributed by atoms with Gasteiger partial charge in [0, 0.05) is 18.1 Å². The summed E-state index contributed by atoms with van der Waals surface area (Å²) in [5.74, 6) is 0.878. The van der Waals surface area contributed by atoms with Gasteiger partial charge in [-0.2, -0.15) is 10.1 Å². The van der Waals surface area contributed by atoms with Gasteiger partial charge in [-0.1, -0.05) is 30.3 Å². The molecule has 1 aliphatic rings. The van der Waals surface area contributed by atoms with Crippen LogP contribution in [0.1, 0.15) is 17.0 Å². The van der Waals surface area contributed by atoms with Crippen molar-refractivity contribution in [2.24, 2.45) is 10.1 Å². The lowest BCUT2D eigenvalue weighted by Crippen LogP contribution is -2.05. The highest BCUT2D eigenvalue weighted by Crippen LogP contribution is 2.30. The molecule has 29 heavy (non-hydrogen) atoms. The smallest absolute Gasteiger partial charge is 0.245 e. The van der Waals surface area contributed by atoms with Crippen LogP contribution in [0.3, 0.4) is 0 Å². The zero-order valence-electron chi connectivity index (χ0n) is 15.4. The summed E-state index contributed by atoms with van der Waals surface area (Å²) in [5.41, 5.74) is 7.62. The molecule has 0 amide bonds. The predicted octanol–water partition coefficient (Wildman–Crippen LogP) is 3.96. The molecule has 0 aliphatic carbocycles. The molecule has 4 aromatic rings. The fraction of sp³-hybridized carbons (Fsp3) is 0.100. The Labute approximate surface area is 165 Å². The Morgan fingerprint density at radius 3 is 2.69 bits per heavy atom. The van der Waals surface area contributed by atoms with Gasteiger partial charge in [0.05, 0.1) is 11.6 Å². The summed E-state index contributed by atoms with van der Waals surface area (Å²) < 4.78 is 4.73. The van der Waals surface area contributed by atoms with Crippen LogP contribution in [0, 0.1) is 6.92 Å². The second-order valence-corrected chi connectivity index (χ2v) is 6.58. The zero-order valence-corrected chi connectivity index (χ0v) is 15.4. The summed E-state index contributed by atoms with van der Waals surface area (Å²) in [6, 6.07) is 15.9. The predicted molar refractivity (Wildman–Crippen MR) is 111 cm³/mol. The maximum absolute atomic E-state index is 4.73. The standard InChI is InChI=1S/C20H16N8O/c1-12-5-4-6-14(9-12)23-17-18(25-20-19(24-17)27-29-28-20)26-22-11-13-10-21-16-8-3-2-7-15(13)16/h2-11,13H,1H3,(H,23,24,27)(H,25,26,28)/b22-11+. The average Bonchev–Trinajstić information content (AvgIpc) is 3.35. The highest BCUT2D eigenvalue weighted by Gasteiger charge is 2.17. The molecule has 1 unspecified atom stereocenters. The molecule has 0 saturated heterocycles. The van der Waals surface area contributed by atoms with Gasteiger partial charge in [-0.05, 0) is 46.6 Å². The van der Waals surface area contributed by atoms with Crippen molar-refractivity contribution in [3.63, 3.8) is 0 Å². The summed E-state index contributed by atoms with van der Waals surface area (Å²) in [6.45, 7) is 2.02. The summed E-state index contributed by atoms with van der Waals surface area (Å²) in [4.78, 5) is 13.3. The van der Waals surface area contributed by atoms with E-state index in [1.54, 1.807) is 6.21 Å². The van der Waals surface area contributed by atoms with E-state index in [0.717, 1.165) is 22.5 Å². The molecular weight excluding hydrogens is 368 g/mol. The molecule has 2 aromatic heterocycles. The second kappa shape index (κ2) is 7.12. The SMILES string of the molecule is Cc1cccc(Nc2nc3nonc3nc2N/N=C/C2C=Nc3ccccc32)c1.